The second-order valence-corrected chi connectivity index (χ2v) is 5.11. The summed E-state index contributed by atoms with van der Waals surface area (Å²) in [5, 5.41) is 2.94. The Balaban J connectivity index is 1.60. The molecule has 3 rings (SSSR count). The van der Waals surface area contributed by atoms with Crippen molar-refractivity contribution >= 4 is 5.91 Å². The van der Waals surface area contributed by atoms with E-state index < -0.39 is 6.43 Å². The third-order valence-corrected chi connectivity index (χ3v) is 3.65. The minimum Gasteiger partial charge on any atom is -0.346 e. The number of nitrogens with one attached hydrogen (secondary N) is 1. The fourth-order valence-electron chi connectivity index (χ4n) is 2.57. The molecule has 1 aromatic carbocycles. The van der Waals surface area contributed by atoms with E-state index in [-0.39, 0.29) is 23.9 Å². The summed E-state index contributed by atoms with van der Waals surface area (Å²) in [5.74, 6) is 0.748. The van der Waals surface area contributed by atoms with Gasteiger partial charge in [-0.1, -0.05) is 24.3 Å². The van der Waals surface area contributed by atoms with Crippen LogP contribution in [0.3, 0.4) is 0 Å². The molecule has 1 unspecified atom stereocenters. The number of carbonyl (C=O) groups excluding carboxylic acids is 1. The predicted octanol–water partition coefficient (Wildman–Crippen LogP) is 2.62. The van der Waals surface area contributed by atoms with Crippen LogP contribution < -0.4 is 5.32 Å². The highest BCUT2D eigenvalue weighted by atomic mass is 19.3. The van der Waals surface area contributed by atoms with Crippen LogP contribution in [0.5, 0.6) is 0 Å². The van der Waals surface area contributed by atoms with Gasteiger partial charge in [0.1, 0.15) is 5.82 Å². The number of benzene rings is 1. The van der Waals surface area contributed by atoms with Gasteiger partial charge >= 0.3 is 0 Å². The molecule has 1 aliphatic rings. The van der Waals surface area contributed by atoms with Crippen LogP contribution in [-0.4, -0.2) is 15.5 Å². The molecule has 0 spiro atoms. The maximum atomic E-state index is 12.5. The van der Waals surface area contributed by atoms with E-state index in [1.165, 1.54) is 12.1 Å². The number of hydrogen-bond acceptors (Lipinski definition) is 2. The summed E-state index contributed by atoms with van der Waals surface area (Å²) in [6, 6.07) is 5.78. The van der Waals surface area contributed by atoms with Gasteiger partial charge in [0.2, 0.25) is 5.91 Å². The molecule has 1 N–H and O–H groups in total. The van der Waals surface area contributed by atoms with Crippen molar-refractivity contribution in [2.75, 3.05) is 0 Å². The minimum atomic E-state index is -2.48. The van der Waals surface area contributed by atoms with Crippen molar-refractivity contribution in [3.63, 3.8) is 0 Å². The number of aryl methyl sites for hydroxylation is 1. The molecule has 0 saturated carbocycles. The zero-order valence-corrected chi connectivity index (χ0v) is 11.3. The molecule has 0 fully saturated rings. The third kappa shape index (κ3) is 2.94. The zero-order chi connectivity index (χ0) is 14.8. The molecule has 1 aromatic heterocycles. The highest BCUT2D eigenvalue weighted by Crippen LogP contribution is 2.23. The normalized spacial score (nSPS) is 17.0. The average molecular weight is 291 g/mol. The summed E-state index contributed by atoms with van der Waals surface area (Å²) in [5.41, 5.74) is 0.690. The number of alkyl halides is 2. The number of amides is 1. The van der Waals surface area contributed by atoms with Crippen LogP contribution in [-0.2, 0) is 17.8 Å². The summed E-state index contributed by atoms with van der Waals surface area (Å²) in [6.45, 7) is 0.851. The largest absolute Gasteiger partial charge is 0.346 e. The summed E-state index contributed by atoms with van der Waals surface area (Å²) < 4.78 is 26.9. The average Bonchev–Trinajstić information content (AvgIpc) is 3.04. The third-order valence-electron chi connectivity index (χ3n) is 3.65. The lowest BCUT2D eigenvalue weighted by atomic mass is 10.1. The van der Waals surface area contributed by atoms with E-state index in [1.807, 2.05) is 10.8 Å². The Bertz CT molecular complexity index is 637. The van der Waals surface area contributed by atoms with Crippen LogP contribution in [0.15, 0.2) is 36.7 Å². The van der Waals surface area contributed by atoms with Crippen molar-refractivity contribution < 1.29 is 13.6 Å². The molecule has 1 aliphatic heterocycles. The Labute approximate surface area is 120 Å². The van der Waals surface area contributed by atoms with Gasteiger partial charge in [0.25, 0.3) is 6.43 Å². The molecule has 6 heteroatoms. The van der Waals surface area contributed by atoms with Gasteiger partial charge in [-0.15, -0.1) is 0 Å². The molecule has 0 bridgehead atoms. The van der Waals surface area contributed by atoms with Crippen LogP contribution in [0.2, 0.25) is 0 Å². The van der Waals surface area contributed by atoms with E-state index in [2.05, 4.69) is 10.3 Å². The lowest BCUT2D eigenvalue weighted by molar-refractivity contribution is -0.121. The fraction of sp³-hybridized carbons (Fsp3) is 0.333. The van der Waals surface area contributed by atoms with Gasteiger partial charge in [-0.25, -0.2) is 13.8 Å². The number of carbonyl (C=O) groups is 1. The van der Waals surface area contributed by atoms with Gasteiger partial charge in [0.05, 0.1) is 12.5 Å². The number of imidazole rings is 1. The first-order valence-corrected chi connectivity index (χ1v) is 6.81. The molecule has 1 amide bonds. The highest BCUT2D eigenvalue weighted by Gasteiger charge is 2.24. The van der Waals surface area contributed by atoms with Crippen LogP contribution >= 0.6 is 0 Å². The monoisotopic (exact) mass is 291 g/mol. The summed E-state index contributed by atoms with van der Waals surface area (Å²) in [4.78, 5) is 16.3. The van der Waals surface area contributed by atoms with Crippen molar-refractivity contribution in [1.82, 2.24) is 14.9 Å². The van der Waals surface area contributed by atoms with E-state index >= 15 is 0 Å². The smallest absolute Gasteiger partial charge is 0.263 e. The van der Waals surface area contributed by atoms with E-state index in [9.17, 15) is 13.6 Å². The Morgan fingerprint density at radius 2 is 2.14 bits per heavy atom. The molecule has 0 saturated heterocycles. The maximum Gasteiger partial charge on any atom is 0.263 e. The van der Waals surface area contributed by atoms with Crippen LogP contribution in [0.1, 0.15) is 35.8 Å². The number of rotatable bonds is 4. The molecule has 110 valence electrons. The number of fused-ring (bicyclic) bond motifs is 1. The number of nitrogens with zero attached hydrogens (tertiary/aromatic N) is 2. The standard InChI is InChI=1S/C15H15F2N3O/c16-14(17)11-3-1-10(2-4-11)9-13(21)19-12-5-7-20-8-6-18-15(12)20/h1-4,6,8,12,14H,5,7,9H2,(H,19,21). The summed E-state index contributed by atoms with van der Waals surface area (Å²) in [7, 11) is 0. The maximum absolute atomic E-state index is 12.5. The molecule has 0 radical (unpaired) electrons. The molecule has 2 heterocycles. The fourth-order valence-corrected chi connectivity index (χ4v) is 2.57. The summed E-state index contributed by atoms with van der Waals surface area (Å²) in [6.07, 6.45) is 2.14. The first kappa shape index (κ1) is 13.7. The van der Waals surface area contributed by atoms with Crippen molar-refractivity contribution in [1.29, 1.82) is 0 Å². The molecular weight excluding hydrogens is 276 g/mol. The first-order valence-electron chi connectivity index (χ1n) is 6.81. The lowest BCUT2D eigenvalue weighted by Crippen LogP contribution is -2.29. The predicted molar refractivity (Wildman–Crippen MR) is 72.8 cm³/mol. The molecule has 1 atom stereocenters. The van der Waals surface area contributed by atoms with Crippen molar-refractivity contribution in [2.24, 2.45) is 0 Å². The second-order valence-electron chi connectivity index (χ2n) is 5.11. The van der Waals surface area contributed by atoms with Crippen LogP contribution in [0.4, 0.5) is 8.78 Å². The van der Waals surface area contributed by atoms with Crippen molar-refractivity contribution in [2.45, 2.75) is 31.9 Å². The molecule has 0 aliphatic carbocycles. The van der Waals surface area contributed by atoms with E-state index in [4.69, 9.17) is 0 Å². The number of aromatic nitrogens is 2. The van der Waals surface area contributed by atoms with Crippen molar-refractivity contribution in [3.8, 4) is 0 Å². The minimum absolute atomic E-state index is 0.0306. The van der Waals surface area contributed by atoms with E-state index in [0.717, 1.165) is 24.4 Å². The first-order chi connectivity index (χ1) is 10.1. The summed E-state index contributed by atoms with van der Waals surface area (Å²) >= 11 is 0. The number of halogens is 2. The second kappa shape index (κ2) is 5.63. The Morgan fingerprint density at radius 1 is 1.38 bits per heavy atom. The number of hydrogen-bond donors (Lipinski definition) is 1. The van der Waals surface area contributed by atoms with Gasteiger partial charge in [-0.05, 0) is 12.0 Å². The zero-order valence-electron chi connectivity index (χ0n) is 11.3. The van der Waals surface area contributed by atoms with E-state index in [0.29, 0.717) is 0 Å². The van der Waals surface area contributed by atoms with Gasteiger partial charge in [0, 0.05) is 24.5 Å². The van der Waals surface area contributed by atoms with E-state index in [1.54, 1.807) is 18.3 Å². The molecule has 2 aromatic rings. The molecular formula is C15H15F2N3O. The molecule has 4 nitrogen and oxygen atoms in total. The van der Waals surface area contributed by atoms with Gasteiger partial charge < -0.3 is 9.88 Å². The van der Waals surface area contributed by atoms with Gasteiger partial charge in [0.15, 0.2) is 0 Å². The van der Waals surface area contributed by atoms with Gasteiger partial charge in [-0.2, -0.15) is 0 Å². The Kier molecular flexibility index (Phi) is 3.68. The van der Waals surface area contributed by atoms with Crippen LogP contribution in [0, 0.1) is 0 Å². The van der Waals surface area contributed by atoms with Gasteiger partial charge in [-0.3, -0.25) is 4.79 Å². The SMILES string of the molecule is O=C(Cc1ccc(C(F)F)cc1)NC1CCn2ccnc21. The topological polar surface area (TPSA) is 46.9 Å². The lowest BCUT2D eigenvalue weighted by Gasteiger charge is -2.11. The molecule has 21 heavy (non-hydrogen) atoms. The van der Waals surface area contributed by atoms with Crippen LogP contribution in [0.25, 0.3) is 0 Å². The quantitative estimate of drug-likeness (QED) is 0.941. The Morgan fingerprint density at radius 3 is 2.86 bits per heavy atom. The Hall–Kier alpha value is -2.24. The highest BCUT2D eigenvalue weighted by molar-refractivity contribution is 5.79. The van der Waals surface area contributed by atoms with Crippen molar-refractivity contribution in [3.05, 3.63) is 53.6 Å².